The monoisotopic (exact) mass is 347 g/mol. The number of hydrogen-bond acceptors (Lipinski definition) is 5. The Morgan fingerprint density at radius 3 is 3.16 bits per heavy atom. The highest BCUT2D eigenvalue weighted by Crippen LogP contribution is 2.42. The minimum absolute atomic E-state index is 0.0409. The summed E-state index contributed by atoms with van der Waals surface area (Å²) in [6.45, 7) is 0.705. The second-order valence-corrected chi connectivity index (χ2v) is 6.98. The minimum atomic E-state index is -0.457. The number of aromatic nitrogens is 2. The van der Waals surface area contributed by atoms with Gasteiger partial charge in [0, 0.05) is 18.8 Å². The molecule has 2 fully saturated rings. The molecule has 1 aromatic rings. The lowest BCUT2D eigenvalue weighted by Crippen LogP contribution is -2.40. The summed E-state index contributed by atoms with van der Waals surface area (Å²) < 4.78 is 8.13. The van der Waals surface area contributed by atoms with Gasteiger partial charge in [-0.2, -0.15) is 16.4 Å². The van der Waals surface area contributed by atoms with Crippen molar-refractivity contribution in [3.05, 3.63) is 20.8 Å². The van der Waals surface area contributed by atoms with Gasteiger partial charge in [0.1, 0.15) is 4.47 Å². The van der Waals surface area contributed by atoms with Crippen molar-refractivity contribution in [1.29, 1.82) is 0 Å². The van der Waals surface area contributed by atoms with Crippen LogP contribution in [0.25, 0.3) is 0 Å². The third kappa shape index (κ3) is 2.53. The van der Waals surface area contributed by atoms with Gasteiger partial charge in [-0.15, -0.1) is 0 Å². The van der Waals surface area contributed by atoms with Gasteiger partial charge in [0.15, 0.2) is 0 Å². The number of hydrogen-bond donors (Lipinski definition) is 0. The van der Waals surface area contributed by atoms with Crippen molar-refractivity contribution in [2.75, 3.05) is 18.1 Å². The molecule has 0 amide bonds. The van der Waals surface area contributed by atoms with E-state index in [2.05, 4.69) is 21.0 Å². The summed E-state index contributed by atoms with van der Waals surface area (Å²) in [5, 5.41) is 14.9. The molecule has 2 atom stereocenters. The molecule has 104 valence electrons. The Labute approximate surface area is 123 Å². The van der Waals surface area contributed by atoms with Crippen molar-refractivity contribution in [3.8, 4) is 0 Å². The Kier molecular flexibility index (Phi) is 3.57. The first-order chi connectivity index (χ1) is 9.10. The summed E-state index contributed by atoms with van der Waals surface area (Å²) >= 11 is 5.12. The topological polar surface area (TPSA) is 70.2 Å². The van der Waals surface area contributed by atoms with E-state index in [4.69, 9.17) is 4.74 Å². The molecule has 8 heteroatoms. The van der Waals surface area contributed by atoms with Crippen molar-refractivity contribution in [2.45, 2.75) is 30.9 Å². The average Bonchev–Trinajstić information content (AvgIpc) is 2.97. The van der Waals surface area contributed by atoms with E-state index in [1.165, 1.54) is 0 Å². The molecule has 0 aliphatic carbocycles. The first-order valence-electron chi connectivity index (χ1n) is 6.20. The predicted molar refractivity (Wildman–Crippen MR) is 75.5 cm³/mol. The molecule has 19 heavy (non-hydrogen) atoms. The van der Waals surface area contributed by atoms with E-state index in [0.29, 0.717) is 11.1 Å². The fraction of sp³-hybridized carbons (Fsp3) is 0.727. The van der Waals surface area contributed by atoms with Crippen LogP contribution >= 0.6 is 27.7 Å². The van der Waals surface area contributed by atoms with Crippen LogP contribution in [0.15, 0.2) is 10.7 Å². The Morgan fingerprint density at radius 2 is 2.53 bits per heavy atom. The molecule has 1 aromatic heterocycles. The number of nitrogens with zero attached hydrogens (tertiary/aromatic N) is 3. The lowest BCUT2D eigenvalue weighted by atomic mass is 9.90. The van der Waals surface area contributed by atoms with Gasteiger partial charge in [0.25, 0.3) is 0 Å². The minimum Gasteiger partial charge on any atom is -0.374 e. The van der Waals surface area contributed by atoms with Gasteiger partial charge in [0.05, 0.1) is 22.9 Å². The zero-order valence-electron chi connectivity index (χ0n) is 10.2. The van der Waals surface area contributed by atoms with Crippen molar-refractivity contribution in [1.82, 2.24) is 9.78 Å². The highest BCUT2D eigenvalue weighted by Gasteiger charge is 2.42. The fourth-order valence-corrected chi connectivity index (χ4v) is 4.57. The Balaban J connectivity index is 1.82. The maximum atomic E-state index is 10.8. The van der Waals surface area contributed by atoms with Crippen LogP contribution in [0.2, 0.25) is 0 Å². The van der Waals surface area contributed by atoms with Gasteiger partial charge >= 0.3 is 5.82 Å². The third-order valence-corrected chi connectivity index (χ3v) is 5.53. The van der Waals surface area contributed by atoms with E-state index in [1.54, 1.807) is 10.9 Å². The van der Waals surface area contributed by atoms with Crippen LogP contribution in [-0.2, 0) is 4.74 Å². The van der Waals surface area contributed by atoms with Crippen LogP contribution < -0.4 is 0 Å². The Morgan fingerprint density at radius 1 is 1.68 bits per heavy atom. The second kappa shape index (κ2) is 5.06. The van der Waals surface area contributed by atoms with Gasteiger partial charge in [-0.25, -0.2) is 0 Å². The Hall–Kier alpha value is -0.600. The largest absolute Gasteiger partial charge is 0.404 e. The quantitative estimate of drug-likeness (QED) is 0.607. The smallest absolute Gasteiger partial charge is 0.374 e. The number of thioether (sulfide) groups is 1. The summed E-state index contributed by atoms with van der Waals surface area (Å²) in [4.78, 5) is 10.4. The van der Waals surface area contributed by atoms with Crippen LogP contribution in [-0.4, -0.2) is 38.4 Å². The molecule has 2 saturated heterocycles. The van der Waals surface area contributed by atoms with Crippen LogP contribution in [0.4, 0.5) is 5.82 Å². The molecule has 0 aromatic carbocycles. The third-order valence-electron chi connectivity index (χ3n) is 3.75. The maximum Gasteiger partial charge on any atom is 0.404 e. The molecule has 0 N–H and O–H groups in total. The van der Waals surface area contributed by atoms with Gasteiger partial charge in [0.2, 0.25) is 0 Å². The molecule has 3 heterocycles. The molecule has 3 rings (SSSR count). The van der Waals surface area contributed by atoms with Gasteiger partial charge < -0.3 is 14.9 Å². The lowest BCUT2D eigenvalue weighted by Gasteiger charge is -2.36. The average molecular weight is 348 g/mol. The standard InChI is InChI=1S/C11H14BrN3O3S/c12-9-6-14(13-10(9)15(16)17)8-1-3-18-11(5-8)2-4-19-7-11/h6,8H,1-5,7H2. The number of rotatable bonds is 2. The molecule has 0 bridgehead atoms. The molecular formula is C11H14BrN3O3S. The van der Waals surface area contributed by atoms with E-state index in [0.717, 1.165) is 30.8 Å². The van der Waals surface area contributed by atoms with Crippen LogP contribution in [0.3, 0.4) is 0 Å². The van der Waals surface area contributed by atoms with Crippen molar-refractivity contribution in [2.24, 2.45) is 0 Å². The highest BCUT2D eigenvalue weighted by molar-refractivity contribution is 9.10. The first kappa shape index (κ1) is 13.4. The van der Waals surface area contributed by atoms with E-state index in [1.807, 2.05) is 11.8 Å². The normalized spacial score (nSPS) is 30.9. The van der Waals surface area contributed by atoms with Gasteiger partial charge in [-0.05, 0) is 39.4 Å². The van der Waals surface area contributed by atoms with Crippen LogP contribution in [0.5, 0.6) is 0 Å². The van der Waals surface area contributed by atoms with Crippen molar-refractivity contribution < 1.29 is 9.66 Å². The summed E-state index contributed by atoms with van der Waals surface area (Å²) in [6.07, 6.45) is 4.53. The zero-order valence-corrected chi connectivity index (χ0v) is 12.7. The summed E-state index contributed by atoms with van der Waals surface area (Å²) in [5.74, 6) is 2.05. The molecule has 0 saturated carbocycles. The SMILES string of the molecule is O=[N+]([O-])c1nn(C2CCOC3(CCSC3)C2)cc1Br. The molecule has 0 radical (unpaired) electrons. The molecule has 2 unspecified atom stereocenters. The van der Waals surface area contributed by atoms with Gasteiger partial charge in [-0.3, -0.25) is 0 Å². The van der Waals surface area contributed by atoms with Gasteiger partial charge in [-0.1, -0.05) is 0 Å². The number of ether oxygens (including phenoxy) is 1. The van der Waals surface area contributed by atoms with Crippen molar-refractivity contribution in [3.63, 3.8) is 0 Å². The number of nitro groups is 1. The van der Waals surface area contributed by atoms with Crippen LogP contribution in [0, 0.1) is 10.1 Å². The Bertz CT molecular complexity index is 501. The van der Waals surface area contributed by atoms with E-state index >= 15 is 0 Å². The zero-order chi connectivity index (χ0) is 13.5. The van der Waals surface area contributed by atoms with E-state index < -0.39 is 4.92 Å². The molecule has 6 nitrogen and oxygen atoms in total. The van der Waals surface area contributed by atoms with Crippen LogP contribution in [0.1, 0.15) is 25.3 Å². The summed E-state index contributed by atoms with van der Waals surface area (Å²) in [7, 11) is 0. The fourth-order valence-electron chi connectivity index (χ4n) is 2.76. The second-order valence-electron chi connectivity index (χ2n) is 5.02. The predicted octanol–water partition coefficient (Wildman–Crippen LogP) is 2.78. The summed E-state index contributed by atoms with van der Waals surface area (Å²) in [5.41, 5.74) is -0.0409. The first-order valence-corrected chi connectivity index (χ1v) is 8.15. The number of halogens is 1. The van der Waals surface area contributed by atoms with E-state index in [9.17, 15) is 10.1 Å². The summed E-state index contributed by atoms with van der Waals surface area (Å²) in [6, 6.07) is 0.192. The van der Waals surface area contributed by atoms with Crippen molar-refractivity contribution >= 4 is 33.5 Å². The maximum absolute atomic E-state index is 10.8. The highest BCUT2D eigenvalue weighted by atomic mass is 79.9. The van der Waals surface area contributed by atoms with E-state index in [-0.39, 0.29) is 17.5 Å². The molecule has 2 aliphatic rings. The molecule has 1 spiro atoms. The molecular weight excluding hydrogens is 334 g/mol. The molecule has 2 aliphatic heterocycles. The lowest BCUT2D eigenvalue weighted by molar-refractivity contribution is -0.390.